The van der Waals surface area contributed by atoms with Gasteiger partial charge in [-0.1, -0.05) is 32.6 Å². The summed E-state index contributed by atoms with van der Waals surface area (Å²) < 4.78 is 0. The zero-order chi connectivity index (χ0) is 12.4. The summed E-state index contributed by atoms with van der Waals surface area (Å²) in [6, 6.07) is 0. The van der Waals surface area contributed by atoms with Crippen LogP contribution in [0.15, 0.2) is 0 Å². The molecule has 0 aliphatic heterocycles. The van der Waals surface area contributed by atoms with E-state index in [2.05, 4.69) is 6.92 Å². The Hall–Kier alpha value is -1.06. The van der Waals surface area contributed by atoms with Gasteiger partial charge in [-0.05, 0) is 19.3 Å². The summed E-state index contributed by atoms with van der Waals surface area (Å²) in [6.45, 7) is 2.06. The number of carbonyl (C=O) groups is 2. The van der Waals surface area contributed by atoms with E-state index in [1.54, 1.807) is 0 Å². The van der Waals surface area contributed by atoms with Gasteiger partial charge in [0.15, 0.2) is 0 Å². The highest BCUT2D eigenvalue weighted by molar-refractivity contribution is 5.73. The molecule has 4 heteroatoms. The largest absolute Gasteiger partial charge is 0.481 e. The number of hydrogen-bond donors (Lipinski definition) is 2. The molecule has 4 nitrogen and oxygen atoms in total. The van der Waals surface area contributed by atoms with Gasteiger partial charge in [0, 0.05) is 6.42 Å². The van der Waals surface area contributed by atoms with Crippen molar-refractivity contribution in [2.75, 3.05) is 0 Å². The fourth-order valence-electron chi connectivity index (χ4n) is 1.71. The Morgan fingerprint density at radius 3 is 2.25 bits per heavy atom. The Labute approximate surface area is 97.2 Å². The number of carboxylic acids is 1. The van der Waals surface area contributed by atoms with Gasteiger partial charge in [-0.15, -0.1) is 0 Å². The summed E-state index contributed by atoms with van der Waals surface area (Å²) in [7, 11) is 0. The zero-order valence-electron chi connectivity index (χ0n) is 10.1. The molecule has 0 fully saturated rings. The first-order chi connectivity index (χ1) is 7.57. The van der Waals surface area contributed by atoms with Crippen LogP contribution in [0.3, 0.4) is 0 Å². The average molecular weight is 229 g/mol. The van der Waals surface area contributed by atoms with E-state index in [0.29, 0.717) is 12.8 Å². The van der Waals surface area contributed by atoms with Crippen LogP contribution in [0, 0.1) is 5.92 Å². The van der Waals surface area contributed by atoms with Gasteiger partial charge in [-0.25, -0.2) is 0 Å². The van der Waals surface area contributed by atoms with E-state index < -0.39 is 5.97 Å². The van der Waals surface area contributed by atoms with E-state index in [1.807, 2.05) is 0 Å². The minimum Gasteiger partial charge on any atom is -0.481 e. The molecule has 0 spiro atoms. The smallest absolute Gasteiger partial charge is 0.306 e. The maximum Gasteiger partial charge on any atom is 0.306 e. The summed E-state index contributed by atoms with van der Waals surface area (Å²) in [5, 5.41) is 8.97. The van der Waals surface area contributed by atoms with Crippen LogP contribution < -0.4 is 5.73 Å². The molecular formula is C12H23NO3. The topological polar surface area (TPSA) is 80.4 Å². The van der Waals surface area contributed by atoms with E-state index in [-0.39, 0.29) is 11.8 Å². The summed E-state index contributed by atoms with van der Waals surface area (Å²) in [5.74, 6) is -1.18. The molecule has 1 atom stereocenters. The summed E-state index contributed by atoms with van der Waals surface area (Å²) in [5.41, 5.74) is 5.02. The van der Waals surface area contributed by atoms with E-state index in [0.717, 1.165) is 38.5 Å². The van der Waals surface area contributed by atoms with Crippen LogP contribution >= 0.6 is 0 Å². The molecule has 0 aromatic rings. The molecule has 0 rings (SSSR count). The third kappa shape index (κ3) is 8.26. The normalized spacial score (nSPS) is 12.3. The minimum atomic E-state index is -0.691. The van der Waals surface area contributed by atoms with Gasteiger partial charge >= 0.3 is 5.97 Å². The summed E-state index contributed by atoms with van der Waals surface area (Å²) in [6.07, 6.45) is 6.43. The van der Waals surface area contributed by atoms with Crippen molar-refractivity contribution in [3.63, 3.8) is 0 Å². The first-order valence-corrected chi connectivity index (χ1v) is 6.09. The van der Waals surface area contributed by atoms with Gasteiger partial charge in [-0.2, -0.15) is 0 Å². The predicted octanol–water partition coefficient (Wildman–Crippen LogP) is 2.31. The molecule has 94 valence electrons. The fraction of sp³-hybridized carbons (Fsp3) is 0.833. The number of hydrogen-bond acceptors (Lipinski definition) is 2. The molecule has 1 unspecified atom stereocenters. The van der Waals surface area contributed by atoms with Gasteiger partial charge in [0.2, 0.25) is 5.91 Å². The molecule has 0 saturated carbocycles. The van der Waals surface area contributed by atoms with Gasteiger partial charge in [-0.3, -0.25) is 9.59 Å². The monoisotopic (exact) mass is 229 g/mol. The molecule has 0 aliphatic carbocycles. The van der Waals surface area contributed by atoms with Crippen molar-refractivity contribution < 1.29 is 14.7 Å². The number of aliphatic carboxylic acids is 1. The van der Waals surface area contributed by atoms with Crippen molar-refractivity contribution in [1.82, 2.24) is 0 Å². The van der Waals surface area contributed by atoms with Crippen LogP contribution in [0.25, 0.3) is 0 Å². The third-order valence-corrected chi connectivity index (χ3v) is 2.73. The Balaban J connectivity index is 3.60. The van der Waals surface area contributed by atoms with Crippen molar-refractivity contribution in [3.05, 3.63) is 0 Å². The molecule has 0 aliphatic rings. The minimum absolute atomic E-state index is 0.214. The SMILES string of the molecule is CCCCC(CCCCCC(N)=O)C(=O)O. The van der Waals surface area contributed by atoms with E-state index in [4.69, 9.17) is 10.8 Å². The third-order valence-electron chi connectivity index (χ3n) is 2.73. The first kappa shape index (κ1) is 14.9. The molecular weight excluding hydrogens is 206 g/mol. The number of rotatable bonds is 10. The van der Waals surface area contributed by atoms with Crippen molar-refractivity contribution >= 4 is 11.9 Å². The molecule has 0 aromatic heterocycles. The lowest BCUT2D eigenvalue weighted by Crippen LogP contribution is -2.13. The van der Waals surface area contributed by atoms with Crippen LogP contribution in [-0.4, -0.2) is 17.0 Å². The van der Waals surface area contributed by atoms with E-state index in [1.165, 1.54) is 0 Å². The zero-order valence-corrected chi connectivity index (χ0v) is 10.1. The number of amides is 1. The highest BCUT2D eigenvalue weighted by Crippen LogP contribution is 2.17. The van der Waals surface area contributed by atoms with Crippen molar-refractivity contribution in [3.8, 4) is 0 Å². The van der Waals surface area contributed by atoms with Crippen molar-refractivity contribution in [1.29, 1.82) is 0 Å². The van der Waals surface area contributed by atoms with E-state index >= 15 is 0 Å². The molecule has 0 radical (unpaired) electrons. The standard InChI is InChI=1S/C12H23NO3/c1-2-3-7-10(12(15)16)8-5-4-6-9-11(13)14/h10H,2-9H2,1H3,(H2,13,14)(H,15,16). The van der Waals surface area contributed by atoms with Crippen LogP contribution in [0.4, 0.5) is 0 Å². The first-order valence-electron chi connectivity index (χ1n) is 6.09. The molecule has 0 heterocycles. The Morgan fingerprint density at radius 1 is 1.12 bits per heavy atom. The predicted molar refractivity (Wildman–Crippen MR) is 62.9 cm³/mol. The molecule has 1 amide bonds. The maximum absolute atomic E-state index is 10.9. The van der Waals surface area contributed by atoms with Crippen LogP contribution in [0.5, 0.6) is 0 Å². The second-order valence-electron chi connectivity index (χ2n) is 4.24. The Kier molecular flexibility index (Phi) is 8.58. The molecule has 3 N–H and O–H groups in total. The lowest BCUT2D eigenvalue weighted by atomic mass is 9.95. The lowest BCUT2D eigenvalue weighted by molar-refractivity contribution is -0.142. The van der Waals surface area contributed by atoms with Crippen molar-refractivity contribution in [2.45, 2.75) is 58.3 Å². The van der Waals surface area contributed by atoms with Crippen LogP contribution in [0.1, 0.15) is 58.3 Å². The second-order valence-corrected chi connectivity index (χ2v) is 4.24. The van der Waals surface area contributed by atoms with Gasteiger partial charge < -0.3 is 10.8 Å². The van der Waals surface area contributed by atoms with E-state index in [9.17, 15) is 9.59 Å². The molecule has 0 saturated heterocycles. The van der Waals surface area contributed by atoms with Gasteiger partial charge in [0.05, 0.1) is 5.92 Å². The van der Waals surface area contributed by atoms with Crippen LogP contribution in [0.2, 0.25) is 0 Å². The van der Waals surface area contributed by atoms with Crippen LogP contribution in [-0.2, 0) is 9.59 Å². The van der Waals surface area contributed by atoms with Crippen molar-refractivity contribution in [2.24, 2.45) is 11.7 Å². The molecule has 0 aromatic carbocycles. The average Bonchev–Trinajstić information content (AvgIpc) is 2.21. The Bertz CT molecular complexity index is 216. The molecule has 16 heavy (non-hydrogen) atoms. The summed E-state index contributed by atoms with van der Waals surface area (Å²) in [4.78, 5) is 21.4. The van der Waals surface area contributed by atoms with Gasteiger partial charge in [0.1, 0.15) is 0 Å². The number of carboxylic acid groups (broad SMARTS) is 1. The van der Waals surface area contributed by atoms with Gasteiger partial charge in [0.25, 0.3) is 0 Å². The molecule has 0 bridgehead atoms. The number of unbranched alkanes of at least 4 members (excludes halogenated alkanes) is 3. The highest BCUT2D eigenvalue weighted by atomic mass is 16.4. The number of carbonyl (C=O) groups excluding carboxylic acids is 1. The quantitative estimate of drug-likeness (QED) is 0.564. The number of primary amides is 1. The highest BCUT2D eigenvalue weighted by Gasteiger charge is 2.15. The lowest BCUT2D eigenvalue weighted by Gasteiger charge is -2.10. The fourth-order valence-corrected chi connectivity index (χ4v) is 1.71. The summed E-state index contributed by atoms with van der Waals surface area (Å²) >= 11 is 0. The second kappa shape index (κ2) is 9.19. The maximum atomic E-state index is 10.9. The Morgan fingerprint density at radius 2 is 1.75 bits per heavy atom. The number of nitrogens with two attached hydrogens (primary N) is 1.